The van der Waals surface area contributed by atoms with Gasteiger partial charge >= 0.3 is 11.8 Å². The van der Waals surface area contributed by atoms with E-state index in [1.807, 2.05) is 0 Å². The van der Waals surface area contributed by atoms with E-state index < -0.39 is 11.8 Å². The van der Waals surface area contributed by atoms with Crippen molar-refractivity contribution in [3.63, 3.8) is 0 Å². The second kappa shape index (κ2) is 4.24. The van der Waals surface area contributed by atoms with Gasteiger partial charge in [-0.3, -0.25) is 9.59 Å². The largest absolute Gasteiger partial charge is 0.361 e. The Morgan fingerprint density at radius 1 is 1.62 bits per heavy atom. The highest BCUT2D eigenvalue weighted by molar-refractivity contribution is 6.34. The van der Waals surface area contributed by atoms with Crippen LogP contribution in [0.25, 0.3) is 0 Å². The van der Waals surface area contributed by atoms with Gasteiger partial charge in [-0.15, -0.1) is 0 Å². The summed E-state index contributed by atoms with van der Waals surface area (Å²) in [7, 11) is 0. The van der Waals surface area contributed by atoms with Gasteiger partial charge in [-0.05, 0) is 0 Å². The van der Waals surface area contributed by atoms with Gasteiger partial charge in [0.25, 0.3) is 0 Å². The highest BCUT2D eigenvalue weighted by atomic mass is 16.2. The van der Waals surface area contributed by atoms with Gasteiger partial charge in [-0.25, -0.2) is 4.98 Å². The molecule has 1 aromatic rings. The molecule has 0 atom stereocenters. The molecule has 2 amide bonds. The highest BCUT2D eigenvalue weighted by Gasteiger charge is 2.06. The number of amides is 2. The summed E-state index contributed by atoms with van der Waals surface area (Å²) in [6, 6.07) is 0. The van der Waals surface area contributed by atoms with Crippen LogP contribution < -0.4 is 11.1 Å². The number of hydrogen-bond acceptors (Lipinski definition) is 3. The van der Waals surface area contributed by atoms with Gasteiger partial charge in [-0.2, -0.15) is 0 Å². The number of carbonyl (C=O) groups excluding carboxylic acids is 2. The average Bonchev–Trinajstić information content (AvgIpc) is 2.56. The molecule has 1 rings (SSSR count). The Balaban J connectivity index is 2.22. The van der Waals surface area contributed by atoms with Crippen molar-refractivity contribution >= 4 is 11.8 Å². The van der Waals surface area contributed by atoms with E-state index in [-0.39, 0.29) is 0 Å². The van der Waals surface area contributed by atoms with Crippen LogP contribution in [-0.4, -0.2) is 28.3 Å². The van der Waals surface area contributed by atoms with Crippen molar-refractivity contribution < 1.29 is 9.59 Å². The smallest absolute Gasteiger partial charge is 0.309 e. The standard InChI is InChI=1S/C7H10N4O2/c8-6(12)7(13)10-2-1-5-3-9-4-11-5/h3-4H,1-2H2,(H2,8,12)(H,9,11)(H,10,13). The lowest BCUT2D eigenvalue weighted by Gasteiger charge is -1.99. The van der Waals surface area contributed by atoms with Crippen LogP contribution in [0, 0.1) is 0 Å². The number of carbonyl (C=O) groups is 2. The van der Waals surface area contributed by atoms with Gasteiger partial charge in [0, 0.05) is 19.2 Å². The zero-order chi connectivity index (χ0) is 9.68. The fourth-order valence-electron chi connectivity index (χ4n) is 0.819. The van der Waals surface area contributed by atoms with Crippen LogP contribution >= 0.6 is 0 Å². The molecule has 4 N–H and O–H groups in total. The van der Waals surface area contributed by atoms with E-state index in [1.54, 1.807) is 12.5 Å². The van der Waals surface area contributed by atoms with Crippen LogP contribution in [0.15, 0.2) is 12.5 Å². The number of aromatic amines is 1. The monoisotopic (exact) mass is 182 g/mol. The Kier molecular flexibility index (Phi) is 3.02. The summed E-state index contributed by atoms with van der Waals surface area (Å²) < 4.78 is 0. The van der Waals surface area contributed by atoms with Crippen LogP contribution in [0.5, 0.6) is 0 Å². The zero-order valence-electron chi connectivity index (χ0n) is 6.91. The highest BCUT2D eigenvalue weighted by Crippen LogP contribution is 1.89. The quantitative estimate of drug-likeness (QED) is 0.498. The molecule has 0 spiro atoms. The van der Waals surface area contributed by atoms with Crippen LogP contribution in [-0.2, 0) is 16.0 Å². The predicted molar refractivity (Wildman–Crippen MR) is 44.5 cm³/mol. The van der Waals surface area contributed by atoms with E-state index in [9.17, 15) is 9.59 Å². The third-order valence-electron chi connectivity index (χ3n) is 1.45. The van der Waals surface area contributed by atoms with Gasteiger partial charge in [0.05, 0.1) is 12.0 Å². The molecular weight excluding hydrogens is 172 g/mol. The first-order valence-electron chi connectivity index (χ1n) is 3.75. The summed E-state index contributed by atoms with van der Waals surface area (Å²) in [5, 5.41) is 2.35. The summed E-state index contributed by atoms with van der Waals surface area (Å²) in [6.07, 6.45) is 3.84. The first kappa shape index (κ1) is 9.24. The molecule has 0 fully saturated rings. The van der Waals surface area contributed by atoms with E-state index >= 15 is 0 Å². The minimum absolute atomic E-state index is 0.354. The molecule has 0 aliphatic heterocycles. The average molecular weight is 182 g/mol. The van der Waals surface area contributed by atoms with Crippen molar-refractivity contribution in [1.82, 2.24) is 15.3 Å². The summed E-state index contributed by atoms with van der Waals surface area (Å²) in [5.74, 6) is -1.74. The van der Waals surface area contributed by atoms with E-state index in [1.165, 1.54) is 0 Å². The number of primary amides is 1. The molecule has 0 radical (unpaired) electrons. The number of H-pyrrole nitrogens is 1. The zero-order valence-corrected chi connectivity index (χ0v) is 6.91. The van der Waals surface area contributed by atoms with E-state index in [4.69, 9.17) is 5.73 Å². The maximum atomic E-state index is 10.7. The molecule has 0 bridgehead atoms. The van der Waals surface area contributed by atoms with Gasteiger partial charge < -0.3 is 16.0 Å². The molecule has 0 saturated carbocycles. The van der Waals surface area contributed by atoms with Gasteiger partial charge in [-0.1, -0.05) is 0 Å². The summed E-state index contributed by atoms with van der Waals surface area (Å²) >= 11 is 0. The molecule has 0 saturated heterocycles. The molecule has 13 heavy (non-hydrogen) atoms. The van der Waals surface area contributed by atoms with E-state index in [2.05, 4.69) is 15.3 Å². The molecule has 1 heterocycles. The third kappa shape index (κ3) is 2.94. The van der Waals surface area contributed by atoms with Crippen molar-refractivity contribution in [2.45, 2.75) is 6.42 Å². The first-order chi connectivity index (χ1) is 6.20. The van der Waals surface area contributed by atoms with Gasteiger partial charge in [0.15, 0.2) is 0 Å². The summed E-state index contributed by atoms with van der Waals surface area (Å²) in [6.45, 7) is 0.354. The van der Waals surface area contributed by atoms with Crippen LogP contribution in [0.2, 0.25) is 0 Å². The second-order valence-electron chi connectivity index (χ2n) is 2.43. The van der Waals surface area contributed by atoms with Gasteiger partial charge in [0.2, 0.25) is 0 Å². The lowest BCUT2D eigenvalue weighted by molar-refractivity contribution is -0.137. The lowest BCUT2D eigenvalue weighted by Crippen LogP contribution is -2.37. The van der Waals surface area contributed by atoms with Crippen molar-refractivity contribution in [3.8, 4) is 0 Å². The Morgan fingerprint density at radius 2 is 2.38 bits per heavy atom. The third-order valence-corrected chi connectivity index (χ3v) is 1.45. The Bertz CT molecular complexity index is 293. The normalized spacial score (nSPS) is 9.54. The maximum absolute atomic E-state index is 10.7. The van der Waals surface area contributed by atoms with Crippen LogP contribution in [0.4, 0.5) is 0 Å². The molecule has 0 aliphatic rings. The molecule has 0 aliphatic carbocycles. The minimum Gasteiger partial charge on any atom is -0.361 e. The van der Waals surface area contributed by atoms with Crippen LogP contribution in [0.1, 0.15) is 5.69 Å². The molecule has 6 heteroatoms. The minimum atomic E-state index is -0.970. The topological polar surface area (TPSA) is 101 Å². The van der Waals surface area contributed by atoms with Crippen molar-refractivity contribution in [3.05, 3.63) is 18.2 Å². The number of hydrogen-bond donors (Lipinski definition) is 3. The van der Waals surface area contributed by atoms with Crippen LogP contribution in [0.3, 0.4) is 0 Å². The predicted octanol–water partition coefficient (Wildman–Crippen LogP) is -1.45. The Labute approximate surface area is 74.5 Å². The van der Waals surface area contributed by atoms with E-state index in [0.29, 0.717) is 13.0 Å². The number of aromatic nitrogens is 2. The number of nitrogens with one attached hydrogen (secondary N) is 2. The Hall–Kier alpha value is -1.85. The summed E-state index contributed by atoms with van der Waals surface area (Å²) in [5.41, 5.74) is 5.55. The van der Waals surface area contributed by atoms with E-state index in [0.717, 1.165) is 5.69 Å². The molecular formula is C7H10N4O2. The molecule has 6 nitrogen and oxygen atoms in total. The maximum Gasteiger partial charge on any atom is 0.309 e. The SMILES string of the molecule is NC(=O)C(=O)NCCc1c[nH]cn1. The Morgan fingerprint density at radius 3 is 2.92 bits per heavy atom. The summed E-state index contributed by atoms with van der Waals surface area (Å²) in [4.78, 5) is 27.6. The van der Waals surface area contributed by atoms with Crippen molar-refractivity contribution in [2.24, 2.45) is 5.73 Å². The molecule has 70 valence electrons. The molecule has 0 unspecified atom stereocenters. The number of rotatable bonds is 3. The fraction of sp³-hybridized carbons (Fsp3) is 0.286. The fourth-order valence-corrected chi connectivity index (χ4v) is 0.819. The van der Waals surface area contributed by atoms with Crippen molar-refractivity contribution in [1.29, 1.82) is 0 Å². The molecule has 0 aromatic carbocycles. The molecule has 1 aromatic heterocycles. The van der Waals surface area contributed by atoms with Gasteiger partial charge in [0.1, 0.15) is 0 Å². The number of nitrogens with zero attached hydrogens (tertiary/aromatic N) is 1. The number of imidazole rings is 1. The number of nitrogens with two attached hydrogens (primary N) is 1. The second-order valence-corrected chi connectivity index (χ2v) is 2.43. The van der Waals surface area contributed by atoms with Crippen molar-refractivity contribution in [2.75, 3.05) is 6.54 Å². The lowest BCUT2D eigenvalue weighted by atomic mass is 10.3. The first-order valence-corrected chi connectivity index (χ1v) is 3.75.